The molecule has 0 spiro atoms. The van der Waals surface area contributed by atoms with Crippen molar-refractivity contribution in [1.82, 2.24) is 5.32 Å². The van der Waals surface area contributed by atoms with Crippen LogP contribution in [0.15, 0.2) is 12.1 Å². The minimum atomic E-state index is -0.267. The predicted molar refractivity (Wildman–Crippen MR) is 68.4 cm³/mol. The van der Waals surface area contributed by atoms with Crippen LogP contribution in [0.5, 0.6) is 5.75 Å². The summed E-state index contributed by atoms with van der Waals surface area (Å²) in [6.07, 6.45) is 3.25. The SMILES string of the molecule is COCc1c(F)ccc(CC2CCCN2)c1OC. The second-order valence-corrected chi connectivity index (χ2v) is 4.65. The van der Waals surface area contributed by atoms with Gasteiger partial charge in [-0.25, -0.2) is 4.39 Å². The van der Waals surface area contributed by atoms with E-state index in [4.69, 9.17) is 9.47 Å². The third-order valence-corrected chi connectivity index (χ3v) is 3.41. The Kier molecular flexibility index (Phi) is 4.55. The molecule has 3 nitrogen and oxygen atoms in total. The first-order chi connectivity index (χ1) is 8.76. The molecule has 1 heterocycles. The second kappa shape index (κ2) is 6.16. The molecular weight excluding hydrogens is 233 g/mol. The van der Waals surface area contributed by atoms with Crippen LogP contribution in [0, 0.1) is 5.82 Å². The first kappa shape index (κ1) is 13.3. The van der Waals surface area contributed by atoms with Gasteiger partial charge in [-0.15, -0.1) is 0 Å². The molecule has 1 unspecified atom stereocenters. The summed E-state index contributed by atoms with van der Waals surface area (Å²) in [7, 11) is 3.14. The molecule has 1 atom stereocenters. The quantitative estimate of drug-likeness (QED) is 0.873. The van der Waals surface area contributed by atoms with Crippen molar-refractivity contribution >= 4 is 0 Å². The Morgan fingerprint density at radius 1 is 1.39 bits per heavy atom. The molecule has 1 saturated heterocycles. The Morgan fingerprint density at radius 2 is 2.22 bits per heavy atom. The van der Waals surface area contributed by atoms with Gasteiger partial charge >= 0.3 is 0 Å². The molecule has 0 aromatic heterocycles. The Morgan fingerprint density at radius 3 is 2.83 bits per heavy atom. The van der Waals surface area contributed by atoms with E-state index in [9.17, 15) is 4.39 Å². The first-order valence-electron chi connectivity index (χ1n) is 6.32. The van der Waals surface area contributed by atoms with E-state index in [1.54, 1.807) is 14.2 Å². The molecule has 1 fully saturated rings. The zero-order valence-electron chi connectivity index (χ0n) is 11.0. The smallest absolute Gasteiger partial charge is 0.132 e. The highest BCUT2D eigenvalue weighted by Crippen LogP contribution is 2.29. The van der Waals surface area contributed by atoms with E-state index in [1.165, 1.54) is 18.9 Å². The van der Waals surface area contributed by atoms with Gasteiger partial charge in [0, 0.05) is 13.2 Å². The highest BCUT2D eigenvalue weighted by atomic mass is 19.1. The molecule has 0 saturated carbocycles. The number of benzene rings is 1. The molecule has 1 N–H and O–H groups in total. The summed E-state index contributed by atoms with van der Waals surface area (Å²) in [6.45, 7) is 1.31. The minimum Gasteiger partial charge on any atom is -0.496 e. The monoisotopic (exact) mass is 253 g/mol. The zero-order chi connectivity index (χ0) is 13.0. The molecular formula is C14H20FNO2. The van der Waals surface area contributed by atoms with Gasteiger partial charge in [0.2, 0.25) is 0 Å². The van der Waals surface area contributed by atoms with Crippen LogP contribution in [0.4, 0.5) is 4.39 Å². The minimum absolute atomic E-state index is 0.237. The number of rotatable bonds is 5. The lowest BCUT2D eigenvalue weighted by Crippen LogP contribution is -2.24. The molecule has 1 aliphatic heterocycles. The maximum Gasteiger partial charge on any atom is 0.132 e. The van der Waals surface area contributed by atoms with Gasteiger partial charge in [-0.1, -0.05) is 6.07 Å². The van der Waals surface area contributed by atoms with Crippen LogP contribution in [-0.2, 0) is 17.8 Å². The summed E-state index contributed by atoms with van der Waals surface area (Å²) in [6, 6.07) is 3.79. The summed E-state index contributed by atoms with van der Waals surface area (Å²) >= 11 is 0. The van der Waals surface area contributed by atoms with Crippen LogP contribution in [0.2, 0.25) is 0 Å². The largest absolute Gasteiger partial charge is 0.496 e. The van der Waals surface area contributed by atoms with Crippen LogP contribution in [0.1, 0.15) is 24.0 Å². The number of hydrogen-bond acceptors (Lipinski definition) is 3. The summed E-state index contributed by atoms with van der Waals surface area (Å²) in [5, 5.41) is 3.44. The van der Waals surface area contributed by atoms with Gasteiger partial charge in [-0.05, 0) is 37.4 Å². The molecule has 100 valence electrons. The predicted octanol–water partition coefficient (Wildman–Crippen LogP) is 2.28. The molecule has 0 amide bonds. The zero-order valence-corrected chi connectivity index (χ0v) is 11.0. The topological polar surface area (TPSA) is 30.5 Å². The highest BCUT2D eigenvalue weighted by Gasteiger charge is 2.19. The number of hydrogen-bond donors (Lipinski definition) is 1. The fourth-order valence-electron chi connectivity index (χ4n) is 2.54. The van der Waals surface area contributed by atoms with E-state index in [0.29, 0.717) is 17.4 Å². The molecule has 1 aromatic carbocycles. The van der Waals surface area contributed by atoms with Crippen molar-refractivity contribution in [2.24, 2.45) is 0 Å². The average molecular weight is 253 g/mol. The summed E-state index contributed by atoms with van der Waals surface area (Å²) in [4.78, 5) is 0. The maximum absolute atomic E-state index is 13.7. The van der Waals surface area contributed by atoms with Gasteiger partial charge in [-0.2, -0.15) is 0 Å². The summed E-state index contributed by atoms with van der Waals surface area (Å²) < 4.78 is 24.2. The van der Waals surface area contributed by atoms with E-state index in [0.717, 1.165) is 18.5 Å². The maximum atomic E-state index is 13.7. The van der Waals surface area contributed by atoms with E-state index >= 15 is 0 Å². The standard InChI is InChI=1S/C14H20FNO2/c1-17-9-12-13(15)6-5-10(14(12)18-2)8-11-4-3-7-16-11/h5-6,11,16H,3-4,7-9H2,1-2H3. The molecule has 18 heavy (non-hydrogen) atoms. The number of ether oxygens (including phenoxy) is 2. The molecule has 0 bridgehead atoms. The van der Waals surface area contributed by atoms with Crippen LogP contribution >= 0.6 is 0 Å². The van der Waals surface area contributed by atoms with E-state index < -0.39 is 0 Å². The Balaban J connectivity index is 2.25. The summed E-state index contributed by atoms with van der Waals surface area (Å²) in [5.74, 6) is 0.363. The Bertz CT molecular complexity index is 403. The van der Waals surface area contributed by atoms with E-state index in [2.05, 4.69) is 5.32 Å². The van der Waals surface area contributed by atoms with Crippen molar-refractivity contribution in [2.75, 3.05) is 20.8 Å². The highest BCUT2D eigenvalue weighted by molar-refractivity contribution is 5.42. The molecule has 4 heteroatoms. The lowest BCUT2D eigenvalue weighted by Gasteiger charge is -2.17. The average Bonchev–Trinajstić information content (AvgIpc) is 2.87. The van der Waals surface area contributed by atoms with Gasteiger partial charge in [0.15, 0.2) is 0 Å². The fourth-order valence-corrected chi connectivity index (χ4v) is 2.54. The molecule has 0 radical (unpaired) electrons. The normalized spacial score (nSPS) is 19.2. The van der Waals surface area contributed by atoms with Crippen LogP contribution in [0.3, 0.4) is 0 Å². The van der Waals surface area contributed by atoms with Crippen molar-refractivity contribution in [3.63, 3.8) is 0 Å². The van der Waals surface area contributed by atoms with Crippen molar-refractivity contribution in [1.29, 1.82) is 0 Å². The fraction of sp³-hybridized carbons (Fsp3) is 0.571. The van der Waals surface area contributed by atoms with Gasteiger partial charge in [0.05, 0.1) is 19.3 Å². The van der Waals surface area contributed by atoms with Crippen molar-refractivity contribution in [3.05, 3.63) is 29.1 Å². The van der Waals surface area contributed by atoms with E-state index in [-0.39, 0.29) is 12.4 Å². The Labute approximate surface area is 107 Å². The van der Waals surface area contributed by atoms with Crippen LogP contribution < -0.4 is 10.1 Å². The molecule has 2 rings (SSSR count). The molecule has 1 aliphatic rings. The van der Waals surface area contributed by atoms with Gasteiger partial charge in [0.1, 0.15) is 11.6 Å². The third kappa shape index (κ3) is 2.82. The van der Waals surface area contributed by atoms with Crippen LogP contribution in [0.25, 0.3) is 0 Å². The third-order valence-electron chi connectivity index (χ3n) is 3.41. The first-order valence-corrected chi connectivity index (χ1v) is 6.32. The number of nitrogens with one attached hydrogen (secondary N) is 1. The molecule has 0 aliphatic carbocycles. The van der Waals surface area contributed by atoms with Crippen molar-refractivity contribution in [3.8, 4) is 5.75 Å². The van der Waals surface area contributed by atoms with Gasteiger partial charge < -0.3 is 14.8 Å². The van der Waals surface area contributed by atoms with E-state index in [1.807, 2.05) is 6.07 Å². The molecule has 1 aromatic rings. The number of halogens is 1. The van der Waals surface area contributed by atoms with Crippen LogP contribution in [-0.4, -0.2) is 26.8 Å². The second-order valence-electron chi connectivity index (χ2n) is 4.65. The van der Waals surface area contributed by atoms with Crippen molar-refractivity contribution < 1.29 is 13.9 Å². The Hall–Kier alpha value is -1.13. The lowest BCUT2D eigenvalue weighted by atomic mass is 10.0. The van der Waals surface area contributed by atoms with Gasteiger partial charge in [0.25, 0.3) is 0 Å². The van der Waals surface area contributed by atoms with Gasteiger partial charge in [-0.3, -0.25) is 0 Å². The van der Waals surface area contributed by atoms with Crippen molar-refractivity contribution in [2.45, 2.75) is 31.9 Å². The lowest BCUT2D eigenvalue weighted by molar-refractivity contribution is 0.177. The summed E-state index contributed by atoms with van der Waals surface area (Å²) in [5.41, 5.74) is 1.56. The number of methoxy groups -OCH3 is 2.